The molecule has 0 saturated heterocycles. The first kappa shape index (κ1) is 8.68. The minimum atomic E-state index is 0.511. The lowest BCUT2D eigenvalue weighted by Crippen LogP contribution is -2.13. The Balaban J connectivity index is 2.48. The molecule has 0 fully saturated rings. The molecule has 2 aromatic rings. The highest BCUT2D eigenvalue weighted by Crippen LogP contribution is 2.11. The zero-order valence-electron chi connectivity index (χ0n) is 7.77. The number of benzene rings is 1. The molecule has 1 aromatic heterocycles. The van der Waals surface area contributed by atoms with E-state index in [1.807, 2.05) is 13.0 Å². The number of nitrogens with zero attached hydrogens (tertiary/aromatic N) is 3. The van der Waals surface area contributed by atoms with E-state index in [4.69, 9.17) is 5.73 Å². The largest absolute Gasteiger partial charge is 0.384 e. The second-order valence-electron chi connectivity index (χ2n) is 2.83. The molecule has 2 N–H and O–H groups in total. The molecule has 0 aliphatic carbocycles. The number of hydrogen-bond donors (Lipinski definition) is 1. The fraction of sp³-hybridized carbons (Fsp3) is 0.222. The van der Waals surface area contributed by atoms with Crippen molar-refractivity contribution < 1.29 is 4.63 Å². The fourth-order valence-electron chi connectivity index (χ4n) is 1.20. The Morgan fingerprint density at radius 3 is 3.00 bits per heavy atom. The van der Waals surface area contributed by atoms with E-state index < -0.39 is 0 Å². The van der Waals surface area contributed by atoms with Gasteiger partial charge in [0.1, 0.15) is 16.9 Å². The van der Waals surface area contributed by atoms with E-state index in [-0.39, 0.29) is 0 Å². The highest BCUT2D eigenvalue weighted by molar-refractivity contribution is 5.99. The Morgan fingerprint density at radius 2 is 2.21 bits per heavy atom. The van der Waals surface area contributed by atoms with Gasteiger partial charge in [0.05, 0.1) is 0 Å². The van der Waals surface area contributed by atoms with Gasteiger partial charge in [-0.3, -0.25) is 4.99 Å². The second-order valence-corrected chi connectivity index (χ2v) is 2.83. The predicted molar refractivity (Wildman–Crippen MR) is 53.1 cm³/mol. The number of amidine groups is 1. The molecule has 0 atom stereocenters. The van der Waals surface area contributed by atoms with Crippen LogP contribution in [0.1, 0.15) is 12.5 Å². The Morgan fingerprint density at radius 1 is 1.43 bits per heavy atom. The van der Waals surface area contributed by atoms with E-state index in [9.17, 15) is 0 Å². The average molecular weight is 190 g/mol. The van der Waals surface area contributed by atoms with Crippen LogP contribution < -0.4 is 5.73 Å². The number of rotatable bonds is 2. The van der Waals surface area contributed by atoms with E-state index in [1.54, 1.807) is 12.1 Å². The Bertz CT molecular complexity index is 474. The fourth-order valence-corrected chi connectivity index (χ4v) is 1.20. The summed E-state index contributed by atoms with van der Waals surface area (Å²) in [5.74, 6) is 0.511. The van der Waals surface area contributed by atoms with Gasteiger partial charge in [0.25, 0.3) is 0 Å². The van der Waals surface area contributed by atoms with E-state index in [0.717, 1.165) is 11.1 Å². The van der Waals surface area contributed by atoms with Crippen molar-refractivity contribution >= 4 is 16.9 Å². The summed E-state index contributed by atoms with van der Waals surface area (Å²) in [4.78, 5) is 4.10. The molecule has 2 rings (SSSR count). The van der Waals surface area contributed by atoms with Crippen molar-refractivity contribution in [2.45, 2.75) is 6.92 Å². The van der Waals surface area contributed by atoms with Crippen LogP contribution in [-0.4, -0.2) is 22.7 Å². The van der Waals surface area contributed by atoms with E-state index in [0.29, 0.717) is 17.9 Å². The van der Waals surface area contributed by atoms with E-state index in [1.165, 1.54) is 0 Å². The highest BCUT2D eigenvalue weighted by Gasteiger charge is 2.03. The van der Waals surface area contributed by atoms with Gasteiger partial charge in [0, 0.05) is 12.1 Å². The van der Waals surface area contributed by atoms with Crippen LogP contribution in [0.5, 0.6) is 0 Å². The van der Waals surface area contributed by atoms with Gasteiger partial charge in [0.15, 0.2) is 0 Å². The molecule has 5 nitrogen and oxygen atoms in total. The third kappa shape index (κ3) is 1.44. The summed E-state index contributed by atoms with van der Waals surface area (Å²) >= 11 is 0. The molecule has 14 heavy (non-hydrogen) atoms. The summed E-state index contributed by atoms with van der Waals surface area (Å²) in [6, 6.07) is 5.46. The van der Waals surface area contributed by atoms with Crippen LogP contribution in [0.3, 0.4) is 0 Å². The molecule has 0 bridgehead atoms. The number of hydrogen-bond acceptors (Lipinski definition) is 4. The molecule has 72 valence electrons. The third-order valence-electron chi connectivity index (χ3n) is 1.88. The van der Waals surface area contributed by atoms with Crippen molar-refractivity contribution in [1.82, 2.24) is 10.3 Å². The van der Waals surface area contributed by atoms with E-state index in [2.05, 4.69) is 19.9 Å². The highest BCUT2D eigenvalue weighted by atomic mass is 16.6. The molecule has 0 amide bonds. The smallest absolute Gasteiger partial charge is 0.135 e. The molecular weight excluding hydrogens is 180 g/mol. The first-order valence-corrected chi connectivity index (χ1v) is 4.34. The van der Waals surface area contributed by atoms with Crippen molar-refractivity contribution in [2.24, 2.45) is 10.7 Å². The summed E-state index contributed by atoms with van der Waals surface area (Å²) < 4.78 is 4.58. The van der Waals surface area contributed by atoms with Crippen LogP contribution in [-0.2, 0) is 0 Å². The van der Waals surface area contributed by atoms with Gasteiger partial charge in [-0.25, -0.2) is 4.63 Å². The lowest BCUT2D eigenvalue weighted by Gasteiger charge is -1.98. The molecule has 0 radical (unpaired) electrons. The molecule has 1 aromatic carbocycles. The normalized spacial score (nSPS) is 12.2. The SMILES string of the molecule is CCN=C(N)c1ccc2nonc2c1. The summed E-state index contributed by atoms with van der Waals surface area (Å²) in [6.45, 7) is 2.60. The zero-order chi connectivity index (χ0) is 9.97. The van der Waals surface area contributed by atoms with Crippen LogP contribution in [0.4, 0.5) is 0 Å². The zero-order valence-corrected chi connectivity index (χ0v) is 7.77. The Kier molecular flexibility index (Phi) is 2.14. The monoisotopic (exact) mass is 190 g/mol. The Labute approximate surface area is 80.6 Å². The molecule has 0 aliphatic rings. The van der Waals surface area contributed by atoms with Crippen molar-refractivity contribution in [3.63, 3.8) is 0 Å². The van der Waals surface area contributed by atoms with Crippen molar-refractivity contribution in [1.29, 1.82) is 0 Å². The molecular formula is C9H10N4O. The first-order chi connectivity index (χ1) is 6.81. The molecule has 0 saturated carbocycles. The molecule has 5 heteroatoms. The van der Waals surface area contributed by atoms with Crippen LogP contribution in [0.25, 0.3) is 11.0 Å². The molecule has 0 unspecified atom stereocenters. The van der Waals surface area contributed by atoms with Crippen LogP contribution >= 0.6 is 0 Å². The number of aromatic nitrogens is 2. The van der Waals surface area contributed by atoms with Gasteiger partial charge >= 0.3 is 0 Å². The topological polar surface area (TPSA) is 77.3 Å². The van der Waals surface area contributed by atoms with Gasteiger partial charge in [-0.05, 0) is 35.4 Å². The Hall–Kier alpha value is -1.91. The number of aliphatic imine (C=N–C) groups is 1. The maximum absolute atomic E-state index is 5.74. The second kappa shape index (κ2) is 3.45. The maximum Gasteiger partial charge on any atom is 0.135 e. The quantitative estimate of drug-likeness (QED) is 0.565. The van der Waals surface area contributed by atoms with Crippen LogP contribution in [0.2, 0.25) is 0 Å². The third-order valence-corrected chi connectivity index (χ3v) is 1.88. The summed E-state index contributed by atoms with van der Waals surface area (Å²) in [5.41, 5.74) is 7.99. The lowest BCUT2D eigenvalue weighted by molar-refractivity contribution is 0.315. The van der Waals surface area contributed by atoms with Crippen LogP contribution in [0, 0.1) is 0 Å². The van der Waals surface area contributed by atoms with Gasteiger partial charge in [-0.15, -0.1) is 0 Å². The summed E-state index contributed by atoms with van der Waals surface area (Å²) in [5, 5.41) is 7.42. The molecule has 0 spiro atoms. The van der Waals surface area contributed by atoms with Crippen molar-refractivity contribution in [2.75, 3.05) is 6.54 Å². The van der Waals surface area contributed by atoms with Crippen molar-refractivity contribution in [3.8, 4) is 0 Å². The minimum absolute atomic E-state index is 0.511. The van der Waals surface area contributed by atoms with Gasteiger partial charge in [-0.2, -0.15) is 0 Å². The first-order valence-electron chi connectivity index (χ1n) is 4.34. The maximum atomic E-state index is 5.74. The number of nitrogens with two attached hydrogens (primary N) is 1. The van der Waals surface area contributed by atoms with Gasteiger partial charge < -0.3 is 5.73 Å². The van der Waals surface area contributed by atoms with E-state index >= 15 is 0 Å². The van der Waals surface area contributed by atoms with Crippen molar-refractivity contribution in [3.05, 3.63) is 23.8 Å². The summed E-state index contributed by atoms with van der Waals surface area (Å²) in [7, 11) is 0. The summed E-state index contributed by atoms with van der Waals surface area (Å²) in [6.07, 6.45) is 0. The lowest BCUT2D eigenvalue weighted by atomic mass is 10.2. The predicted octanol–water partition coefficient (Wildman–Crippen LogP) is 0.948. The van der Waals surface area contributed by atoms with Gasteiger partial charge in [0.2, 0.25) is 0 Å². The average Bonchev–Trinajstić information content (AvgIpc) is 2.64. The standard InChI is InChI=1S/C9H10N4O/c1-2-11-9(10)6-3-4-7-8(5-6)13-14-12-7/h3-5H,2H2,1H3,(H2,10,11). The van der Waals surface area contributed by atoms with Crippen LogP contribution in [0.15, 0.2) is 27.8 Å². The molecule has 0 aliphatic heterocycles. The number of fused-ring (bicyclic) bond motifs is 1. The minimum Gasteiger partial charge on any atom is -0.384 e. The molecule has 1 heterocycles. The van der Waals surface area contributed by atoms with Gasteiger partial charge in [-0.1, -0.05) is 0 Å².